The molecule has 0 atom stereocenters. The zero-order chi connectivity index (χ0) is 9.97. The highest BCUT2D eigenvalue weighted by molar-refractivity contribution is 5.69. The Morgan fingerprint density at radius 3 is 3.00 bits per heavy atom. The quantitative estimate of drug-likeness (QED) is 0.740. The third-order valence-electron chi connectivity index (χ3n) is 2.29. The summed E-state index contributed by atoms with van der Waals surface area (Å²) in [5, 5.41) is 0. The minimum Gasteiger partial charge on any atom is -0.331 e. The lowest BCUT2D eigenvalue weighted by molar-refractivity contribution is 0.755. The topological polar surface area (TPSA) is 43.6 Å². The van der Waals surface area contributed by atoms with Gasteiger partial charge in [-0.1, -0.05) is 13.3 Å². The maximum Gasteiger partial charge on any atom is 0.180 e. The van der Waals surface area contributed by atoms with Gasteiger partial charge in [0.1, 0.15) is 11.3 Å². The second-order valence-corrected chi connectivity index (χ2v) is 3.45. The summed E-state index contributed by atoms with van der Waals surface area (Å²) in [6.07, 6.45) is 6.87. The molecule has 0 N–H and O–H groups in total. The van der Waals surface area contributed by atoms with Crippen LogP contribution in [0.3, 0.4) is 0 Å². The minimum atomic E-state index is 0.800. The number of imidazole rings is 1. The van der Waals surface area contributed by atoms with E-state index in [1.54, 1.807) is 6.33 Å². The van der Waals surface area contributed by atoms with Crippen molar-refractivity contribution in [3.63, 3.8) is 0 Å². The normalized spacial score (nSPS) is 11.0. The fraction of sp³-hybridized carbons (Fsp3) is 0.500. The fourth-order valence-electron chi connectivity index (χ4n) is 1.40. The Bertz CT molecular complexity index is 433. The van der Waals surface area contributed by atoms with Crippen LogP contribution in [0, 0.1) is 0 Å². The highest BCUT2D eigenvalue weighted by Crippen LogP contribution is 2.08. The average Bonchev–Trinajstić information content (AvgIpc) is 2.57. The monoisotopic (exact) mass is 190 g/mol. The molecule has 0 aliphatic carbocycles. The highest BCUT2D eigenvalue weighted by Gasteiger charge is 2.03. The van der Waals surface area contributed by atoms with E-state index in [0.29, 0.717) is 0 Å². The first-order chi connectivity index (χ1) is 6.81. The Balaban J connectivity index is 2.32. The predicted molar refractivity (Wildman–Crippen MR) is 54.9 cm³/mol. The fourth-order valence-corrected chi connectivity index (χ4v) is 1.40. The number of fused-ring (bicyclic) bond motifs is 1. The Labute approximate surface area is 83.0 Å². The lowest BCUT2D eigenvalue weighted by Crippen LogP contribution is -1.95. The third kappa shape index (κ3) is 1.60. The van der Waals surface area contributed by atoms with Gasteiger partial charge in [-0.25, -0.2) is 15.0 Å². The minimum absolute atomic E-state index is 0.800. The molecule has 4 nitrogen and oxygen atoms in total. The van der Waals surface area contributed by atoms with Crippen molar-refractivity contribution in [1.82, 2.24) is 19.5 Å². The van der Waals surface area contributed by atoms with E-state index in [-0.39, 0.29) is 0 Å². The molecule has 14 heavy (non-hydrogen) atoms. The number of hydrogen-bond acceptors (Lipinski definition) is 3. The smallest absolute Gasteiger partial charge is 0.180 e. The first-order valence-corrected chi connectivity index (χ1v) is 4.94. The van der Waals surface area contributed by atoms with E-state index in [1.807, 2.05) is 17.8 Å². The molecule has 0 amide bonds. The van der Waals surface area contributed by atoms with Crippen molar-refractivity contribution in [2.45, 2.75) is 26.2 Å². The van der Waals surface area contributed by atoms with Crippen LogP contribution in [0.25, 0.3) is 11.2 Å². The van der Waals surface area contributed by atoms with Gasteiger partial charge >= 0.3 is 0 Å². The van der Waals surface area contributed by atoms with Crippen molar-refractivity contribution < 1.29 is 0 Å². The van der Waals surface area contributed by atoms with Crippen molar-refractivity contribution >= 4 is 11.2 Å². The van der Waals surface area contributed by atoms with Crippen LogP contribution in [-0.4, -0.2) is 19.5 Å². The van der Waals surface area contributed by atoms with Crippen LogP contribution in [0.15, 0.2) is 12.5 Å². The molecule has 0 bridgehead atoms. The summed E-state index contributed by atoms with van der Waals surface area (Å²) < 4.78 is 1.93. The molecule has 0 aromatic carbocycles. The molecule has 74 valence electrons. The molecular formula is C10H14N4. The van der Waals surface area contributed by atoms with Crippen molar-refractivity contribution in [2.75, 3.05) is 0 Å². The number of hydrogen-bond donors (Lipinski definition) is 0. The van der Waals surface area contributed by atoms with Crippen molar-refractivity contribution in [2.24, 2.45) is 7.05 Å². The van der Waals surface area contributed by atoms with E-state index >= 15 is 0 Å². The standard InChI is InChI=1S/C10H14N4/c1-3-4-5-9-11-6-8-10(13-9)12-7-14(8)2/h6-7H,3-5H2,1-2H3. The van der Waals surface area contributed by atoms with E-state index in [2.05, 4.69) is 21.9 Å². The molecule has 0 aliphatic rings. The number of rotatable bonds is 3. The number of nitrogens with zero attached hydrogens (tertiary/aromatic N) is 4. The van der Waals surface area contributed by atoms with Crippen LogP contribution < -0.4 is 0 Å². The molecule has 2 rings (SSSR count). The van der Waals surface area contributed by atoms with E-state index in [4.69, 9.17) is 0 Å². The Kier molecular flexibility index (Phi) is 2.43. The van der Waals surface area contributed by atoms with Gasteiger partial charge in [0, 0.05) is 13.5 Å². The molecule has 0 saturated heterocycles. The molecule has 2 aromatic heterocycles. The van der Waals surface area contributed by atoms with Crippen LogP contribution in [0.4, 0.5) is 0 Å². The predicted octanol–water partition coefficient (Wildman–Crippen LogP) is 1.71. The molecule has 4 heteroatoms. The van der Waals surface area contributed by atoms with Gasteiger partial charge in [0.2, 0.25) is 0 Å². The van der Waals surface area contributed by atoms with Crippen molar-refractivity contribution in [3.05, 3.63) is 18.3 Å². The summed E-state index contributed by atoms with van der Waals surface area (Å²) in [7, 11) is 1.95. The summed E-state index contributed by atoms with van der Waals surface area (Å²) in [6, 6.07) is 0. The summed E-state index contributed by atoms with van der Waals surface area (Å²) in [5.74, 6) is 0.901. The molecule has 0 fully saturated rings. The Morgan fingerprint density at radius 1 is 1.36 bits per heavy atom. The summed E-state index contributed by atoms with van der Waals surface area (Å²) >= 11 is 0. The average molecular weight is 190 g/mol. The number of unbranched alkanes of at least 4 members (excludes halogenated alkanes) is 1. The molecule has 0 unspecified atom stereocenters. The summed E-state index contributed by atoms with van der Waals surface area (Å²) in [5.41, 5.74) is 1.79. The number of aryl methyl sites for hydroxylation is 2. The van der Waals surface area contributed by atoms with Gasteiger partial charge in [-0.3, -0.25) is 0 Å². The van der Waals surface area contributed by atoms with Gasteiger partial charge in [-0.05, 0) is 6.42 Å². The van der Waals surface area contributed by atoms with Crippen molar-refractivity contribution in [1.29, 1.82) is 0 Å². The van der Waals surface area contributed by atoms with E-state index < -0.39 is 0 Å². The van der Waals surface area contributed by atoms with Gasteiger partial charge in [0.15, 0.2) is 5.65 Å². The van der Waals surface area contributed by atoms with Gasteiger partial charge in [0.25, 0.3) is 0 Å². The van der Waals surface area contributed by atoms with Gasteiger partial charge in [-0.15, -0.1) is 0 Å². The maximum atomic E-state index is 4.39. The second-order valence-electron chi connectivity index (χ2n) is 3.45. The molecule has 2 aromatic rings. The van der Waals surface area contributed by atoms with Crippen LogP contribution in [-0.2, 0) is 13.5 Å². The zero-order valence-corrected chi connectivity index (χ0v) is 8.56. The second kappa shape index (κ2) is 3.74. The van der Waals surface area contributed by atoms with Gasteiger partial charge < -0.3 is 4.57 Å². The molecule has 0 saturated carbocycles. The first kappa shape index (κ1) is 9.12. The van der Waals surface area contributed by atoms with Crippen LogP contribution in [0.1, 0.15) is 25.6 Å². The van der Waals surface area contributed by atoms with Crippen LogP contribution in [0.2, 0.25) is 0 Å². The van der Waals surface area contributed by atoms with E-state index in [9.17, 15) is 0 Å². The molecule has 0 aliphatic heterocycles. The van der Waals surface area contributed by atoms with Crippen molar-refractivity contribution in [3.8, 4) is 0 Å². The summed E-state index contributed by atoms with van der Waals surface area (Å²) in [6.45, 7) is 2.17. The van der Waals surface area contributed by atoms with Crippen LogP contribution >= 0.6 is 0 Å². The van der Waals surface area contributed by atoms with Gasteiger partial charge in [-0.2, -0.15) is 0 Å². The lowest BCUT2D eigenvalue weighted by atomic mass is 10.2. The summed E-state index contributed by atoms with van der Waals surface area (Å²) in [4.78, 5) is 12.9. The number of aromatic nitrogens is 4. The maximum absolute atomic E-state index is 4.39. The molecular weight excluding hydrogens is 176 g/mol. The Morgan fingerprint density at radius 2 is 2.21 bits per heavy atom. The largest absolute Gasteiger partial charge is 0.331 e. The third-order valence-corrected chi connectivity index (χ3v) is 2.29. The zero-order valence-electron chi connectivity index (χ0n) is 8.56. The molecule has 0 radical (unpaired) electrons. The van der Waals surface area contributed by atoms with Crippen LogP contribution in [0.5, 0.6) is 0 Å². The molecule has 2 heterocycles. The van der Waals surface area contributed by atoms with E-state index in [1.165, 1.54) is 6.42 Å². The van der Waals surface area contributed by atoms with E-state index in [0.717, 1.165) is 29.8 Å². The Hall–Kier alpha value is -1.45. The van der Waals surface area contributed by atoms with Gasteiger partial charge in [0.05, 0.1) is 12.5 Å². The first-order valence-electron chi connectivity index (χ1n) is 4.94. The molecule has 0 spiro atoms. The highest BCUT2D eigenvalue weighted by atomic mass is 15.1. The lowest BCUT2D eigenvalue weighted by Gasteiger charge is -1.98. The SMILES string of the molecule is CCCCc1ncc2c(ncn2C)n1.